The standard InChI is InChI=1S/C13H23N3O/c1-5-17-11-7-6-8-15-12(11)16(4)10-13(2,3)9-14/h6-8H,5,9-10,14H2,1-4H3. The molecule has 2 N–H and O–H groups in total. The molecular weight excluding hydrogens is 214 g/mol. The summed E-state index contributed by atoms with van der Waals surface area (Å²) in [7, 11) is 2.02. The molecule has 0 radical (unpaired) electrons. The van der Waals surface area contributed by atoms with Gasteiger partial charge in [0.2, 0.25) is 0 Å². The molecule has 0 aliphatic heterocycles. The van der Waals surface area contributed by atoms with Crippen molar-refractivity contribution >= 4 is 5.82 Å². The van der Waals surface area contributed by atoms with Gasteiger partial charge in [-0.1, -0.05) is 13.8 Å². The van der Waals surface area contributed by atoms with E-state index in [9.17, 15) is 0 Å². The summed E-state index contributed by atoms with van der Waals surface area (Å²) >= 11 is 0. The Morgan fingerprint density at radius 3 is 2.76 bits per heavy atom. The van der Waals surface area contributed by atoms with Crippen molar-refractivity contribution in [1.29, 1.82) is 0 Å². The van der Waals surface area contributed by atoms with Gasteiger partial charge >= 0.3 is 0 Å². The molecule has 4 nitrogen and oxygen atoms in total. The summed E-state index contributed by atoms with van der Waals surface area (Å²) < 4.78 is 5.57. The lowest BCUT2D eigenvalue weighted by Crippen LogP contribution is -2.37. The highest BCUT2D eigenvalue weighted by Crippen LogP contribution is 2.26. The minimum Gasteiger partial charge on any atom is -0.490 e. The smallest absolute Gasteiger partial charge is 0.171 e. The fourth-order valence-electron chi connectivity index (χ4n) is 1.72. The van der Waals surface area contributed by atoms with Gasteiger partial charge in [0.25, 0.3) is 0 Å². The SMILES string of the molecule is CCOc1cccnc1N(C)CC(C)(C)CN. The second-order valence-corrected chi connectivity index (χ2v) is 4.98. The van der Waals surface area contributed by atoms with Crippen molar-refractivity contribution < 1.29 is 4.74 Å². The first kappa shape index (κ1) is 13.8. The lowest BCUT2D eigenvalue weighted by atomic mass is 9.93. The molecule has 4 heteroatoms. The third-order valence-electron chi connectivity index (χ3n) is 2.63. The Morgan fingerprint density at radius 2 is 2.18 bits per heavy atom. The van der Waals surface area contributed by atoms with Gasteiger partial charge in [-0.2, -0.15) is 0 Å². The molecule has 96 valence electrons. The normalized spacial score (nSPS) is 11.4. The van der Waals surface area contributed by atoms with Gasteiger partial charge < -0.3 is 15.4 Å². The zero-order chi connectivity index (χ0) is 12.9. The van der Waals surface area contributed by atoms with Crippen molar-refractivity contribution in [2.75, 3.05) is 31.6 Å². The summed E-state index contributed by atoms with van der Waals surface area (Å²) in [6, 6.07) is 3.83. The number of nitrogens with zero attached hydrogens (tertiary/aromatic N) is 2. The largest absolute Gasteiger partial charge is 0.490 e. The maximum Gasteiger partial charge on any atom is 0.171 e. The first-order valence-corrected chi connectivity index (χ1v) is 5.99. The molecule has 0 bridgehead atoms. The van der Waals surface area contributed by atoms with Crippen LogP contribution >= 0.6 is 0 Å². The molecule has 0 amide bonds. The first-order valence-electron chi connectivity index (χ1n) is 5.99. The average Bonchev–Trinajstić information content (AvgIpc) is 2.29. The van der Waals surface area contributed by atoms with E-state index < -0.39 is 0 Å². The molecule has 0 atom stereocenters. The van der Waals surface area contributed by atoms with E-state index in [0.29, 0.717) is 13.2 Å². The van der Waals surface area contributed by atoms with E-state index >= 15 is 0 Å². The number of nitrogens with two attached hydrogens (primary N) is 1. The molecule has 0 spiro atoms. The molecule has 1 rings (SSSR count). The zero-order valence-corrected chi connectivity index (χ0v) is 11.2. The van der Waals surface area contributed by atoms with Crippen LogP contribution in [0.15, 0.2) is 18.3 Å². The maximum absolute atomic E-state index is 5.75. The van der Waals surface area contributed by atoms with Crippen LogP contribution in [0.25, 0.3) is 0 Å². The molecule has 17 heavy (non-hydrogen) atoms. The Kier molecular flexibility index (Phi) is 4.75. The molecule has 0 saturated heterocycles. The summed E-state index contributed by atoms with van der Waals surface area (Å²) in [5.41, 5.74) is 5.82. The number of anilines is 1. The highest BCUT2D eigenvalue weighted by molar-refractivity contribution is 5.51. The molecule has 0 saturated carbocycles. The van der Waals surface area contributed by atoms with E-state index in [2.05, 4.69) is 23.7 Å². The number of aromatic nitrogens is 1. The van der Waals surface area contributed by atoms with E-state index in [1.165, 1.54) is 0 Å². The van der Waals surface area contributed by atoms with Crippen LogP contribution in [0.2, 0.25) is 0 Å². The molecule has 0 fully saturated rings. The monoisotopic (exact) mass is 237 g/mol. The van der Waals surface area contributed by atoms with Crippen LogP contribution in [0.1, 0.15) is 20.8 Å². The molecule has 0 aromatic carbocycles. The molecular formula is C13H23N3O. The van der Waals surface area contributed by atoms with Gasteiger partial charge in [-0.05, 0) is 31.0 Å². The summed E-state index contributed by atoms with van der Waals surface area (Å²) in [5, 5.41) is 0. The number of rotatable bonds is 6. The fourth-order valence-corrected chi connectivity index (χ4v) is 1.72. The fraction of sp³-hybridized carbons (Fsp3) is 0.615. The van der Waals surface area contributed by atoms with Gasteiger partial charge in [-0.15, -0.1) is 0 Å². The van der Waals surface area contributed by atoms with Gasteiger partial charge in [-0.3, -0.25) is 0 Å². The summed E-state index contributed by atoms with van der Waals surface area (Å²) in [6.45, 7) is 8.40. The van der Waals surface area contributed by atoms with Gasteiger partial charge in [0.15, 0.2) is 11.6 Å². The highest BCUT2D eigenvalue weighted by Gasteiger charge is 2.20. The summed E-state index contributed by atoms with van der Waals surface area (Å²) in [5.74, 6) is 1.70. The Balaban J connectivity index is 2.84. The molecule has 0 unspecified atom stereocenters. The van der Waals surface area contributed by atoms with E-state index in [0.717, 1.165) is 18.1 Å². The van der Waals surface area contributed by atoms with Crippen LogP contribution in [-0.4, -0.2) is 31.7 Å². The predicted octanol–water partition coefficient (Wildman–Crippen LogP) is 1.90. The van der Waals surface area contributed by atoms with E-state index in [4.69, 9.17) is 10.5 Å². The summed E-state index contributed by atoms with van der Waals surface area (Å²) in [6.07, 6.45) is 1.78. The van der Waals surface area contributed by atoms with Gasteiger partial charge in [0, 0.05) is 19.8 Å². The van der Waals surface area contributed by atoms with Crippen molar-refractivity contribution in [3.63, 3.8) is 0 Å². The van der Waals surface area contributed by atoms with E-state index in [1.807, 2.05) is 26.1 Å². The van der Waals surface area contributed by atoms with Crippen LogP contribution in [0.3, 0.4) is 0 Å². The lowest BCUT2D eigenvalue weighted by Gasteiger charge is -2.30. The topological polar surface area (TPSA) is 51.4 Å². The van der Waals surface area contributed by atoms with Crippen LogP contribution in [0.5, 0.6) is 5.75 Å². The van der Waals surface area contributed by atoms with Crippen LogP contribution in [0.4, 0.5) is 5.82 Å². The van der Waals surface area contributed by atoms with Gasteiger partial charge in [0.05, 0.1) is 6.61 Å². The quantitative estimate of drug-likeness (QED) is 0.821. The van der Waals surface area contributed by atoms with Gasteiger partial charge in [-0.25, -0.2) is 4.98 Å². The van der Waals surface area contributed by atoms with Crippen LogP contribution in [-0.2, 0) is 0 Å². The Hall–Kier alpha value is -1.29. The first-order chi connectivity index (χ1) is 8.00. The second kappa shape index (κ2) is 5.87. The Labute approximate surface area is 104 Å². The zero-order valence-electron chi connectivity index (χ0n) is 11.2. The highest BCUT2D eigenvalue weighted by atomic mass is 16.5. The third-order valence-corrected chi connectivity index (χ3v) is 2.63. The lowest BCUT2D eigenvalue weighted by molar-refractivity contribution is 0.336. The maximum atomic E-state index is 5.75. The van der Waals surface area contributed by atoms with Crippen molar-refractivity contribution in [2.45, 2.75) is 20.8 Å². The molecule has 1 heterocycles. The molecule has 1 aromatic heterocycles. The average molecular weight is 237 g/mol. The van der Waals surface area contributed by atoms with Crippen molar-refractivity contribution in [1.82, 2.24) is 4.98 Å². The minimum absolute atomic E-state index is 0.0652. The third kappa shape index (κ3) is 3.89. The number of pyridine rings is 1. The second-order valence-electron chi connectivity index (χ2n) is 4.98. The minimum atomic E-state index is 0.0652. The molecule has 0 aliphatic rings. The number of hydrogen-bond acceptors (Lipinski definition) is 4. The van der Waals surface area contributed by atoms with E-state index in [-0.39, 0.29) is 5.41 Å². The van der Waals surface area contributed by atoms with Crippen LogP contribution < -0.4 is 15.4 Å². The van der Waals surface area contributed by atoms with E-state index in [1.54, 1.807) is 6.20 Å². The Bertz CT molecular complexity index is 352. The van der Waals surface area contributed by atoms with Crippen LogP contribution in [0, 0.1) is 5.41 Å². The summed E-state index contributed by atoms with van der Waals surface area (Å²) in [4.78, 5) is 6.47. The van der Waals surface area contributed by atoms with Gasteiger partial charge in [0.1, 0.15) is 0 Å². The molecule has 1 aromatic rings. The van der Waals surface area contributed by atoms with Crippen molar-refractivity contribution in [2.24, 2.45) is 11.1 Å². The molecule has 0 aliphatic carbocycles. The predicted molar refractivity (Wildman–Crippen MR) is 71.5 cm³/mol. The van der Waals surface area contributed by atoms with Crippen molar-refractivity contribution in [3.8, 4) is 5.75 Å². The number of ether oxygens (including phenoxy) is 1. The number of hydrogen-bond donors (Lipinski definition) is 1. The van der Waals surface area contributed by atoms with Crippen molar-refractivity contribution in [3.05, 3.63) is 18.3 Å². The Morgan fingerprint density at radius 1 is 1.47 bits per heavy atom.